The van der Waals surface area contributed by atoms with E-state index in [1.165, 1.54) is 4.80 Å². The highest BCUT2D eigenvalue weighted by atomic mass is 31.0. The summed E-state index contributed by atoms with van der Waals surface area (Å²) in [6.45, 7) is 6.19. The maximum atomic E-state index is 10.4. The van der Waals surface area contributed by atoms with Crippen molar-refractivity contribution in [2.45, 2.75) is 20.8 Å². The van der Waals surface area contributed by atoms with E-state index in [-0.39, 0.29) is 11.2 Å². The van der Waals surface area contributed by atoms with Gasteiger partial charge in [0.2, 0.25) is 0 Å². The highest BCUT2D eigenvalue weighted by molar-refractivity contribution is 7.23. The van der Waals surface area contributed by atoms with Crippen LogP contribution in [0.5, 0.6) is 0 Å². The Morgan fingerprint density at radius 3 is 2.67 bits per heavy atom. The number of aryl methyl sites for hydroxylation is 1. The SMILES string of the molecule is Cc1ccc2nn(C3=C(O)C(P)=CC(C)(C)C=C3)nc2c1. The molecule has 5 heteroatoms. The normalized spacial score (nSPS) is 18.0. The fourth-order valence-electron chi connectivity index (χ4n) is 2.33. The van der Waals surface area contributed by atoms with Crippen LogP contribution in [0.1, 0.15) is 19.4 Å². The van der Waals surface area contributed by atoms with Crippen molar-refractivity contribution in [1.29, 1.82) is 0 Å². The summed E-state index contributed by atoms with van der Waals surface area (Å²) in [6, 6.07) is 5.93. The number of fused-ring (bicyclic) bond motifs is 1. The second kappa shape index (κ2) is 4.81. The van der Waals surface area contributed by atoms with E-state index in [1.807, 2.05) is 43.4 Å². The van der Waals surface area contributed by atoms with E-state index in [0.717, 1.165) is 21.9 Å². The van der Waals surface area contributed by atoms with Crippen LogP contribution in [0.15, 0.2) is 47.5 Å². The summed E-state index contributed by atoms with van der Waals surface area (Å²) in [5.41, 5.74) is 3.22. The molecule has 1 aromatic heterocycles. The molecule has 1 unspecified atom stereocenters. The molecule has 2 aromatic rings. The predicted molar refractivity (Wildman–Crippen MR) is 88.8 cm³/mol. The van der Waals surface area contributed by atoms with Crippen molar-refractivity contribution in [2.24, 2.45) is 5.41 Å². The van der Waals surface area contributed by atoms with E-state index in [0.29, 0.717) is 5.70 Å². The van der Waals surface area contributed by atoms with Crippen LogP contribution in [0, 0.1) is 12.3 Å². The minimum Gasteiger partial charge on any atom is -0.505 e. The topological polar surface area (TPSA) is 50.9 Å². The van der Waals surface area contributed by atoms with Crippen molar-refractivity contribution in [3.05, 3.63) is 53.1 Å². The van der Waals surface area contributed by atoms with Gasteiger partial charge in [-0.15, -0.1) is 24.2 Å². The molecule has 21 heavy (non-hydrogen) atoms. The number of rotatable bonds is 1. The summed E-state index contributed by atoms with van der Waals surface area (Å²) in [6.07, 6.45) is 5.91. The Balaban J connectivity index is 2.17. The third kappa shape index (κ3) is 2.64. The molecule has 108 valence electrons. The Hall–Kier alpha value is -1.93. The smallest absolute Gasteiger partial charge is 0.149 e. The van der Waals surface area contributed by atoms with Gasteiger partial charge in [-0.3, -0.25) is 0 Å². The molecule has 0 fully saturated rings. The fraction of sp³-hybridized carbons (Fsp3) is 0.250. The molecule has 0 saturated heterocycles. The molecule has 0 spiro atoms. The van der Waals surface area contributed by atoms with Gasteiger partial charge in [-0.05, 0) is 30.7 Å². The minimum absolute atomic E-state index is 0.129. The van der Waals surface area contributed by atoms with Crippen LogP contribution < -0.4 is 0 Å². The van der Waals surface area contributed by atoms with Crippen LogP contribution in [-0.2, 0) is 0 Å². The van der Waals surface area contributed by atoms with Crippen molar-refractivity contribution in [3.8, 4) is 0 Å². The standard InChI is InChI=1S/C16H18N3OP/c1-10-4-5-11-12(8-10)18-19(17-11)13-6-7-16(2,3)9-14(21)15(13)20/h4-9,20H,21H2,1-3H3. The molecule has 0 amide bonds. The van der Waals surface area contributed by atoms with Crippen molar-refractivity contribution in [3.63, 3.8) is 0 Å². The summed E-state index contributed by atoms with van der Waals surface area (Å²) >= 11 is 0. The molecular formula is C16H18N3OP. The van der Waals surface area contributed by atoms with Gasteiger partial charge >= 0.3 is 0 Å². The number of hydrogen-bond donors (Lipinski definition) is 1. The number of aromatic nitrogens is 3. The molecule has 3 rings (SSSR count). The first-order valence-electron chi connectivity index (χ1n) is 6.81. The maximum absolute atomic E-state index is 10.4. The Labute approximate surface area is 126 Å². The molecule has 1 aliphatic rings. The Kier molecular flexibility index (Phi) is 3.22. The largest absolute Gasteiger partial charge is 0.505 e. The number of allylic oxidation sites excluding steroid dienone is 5. The quantitative estimate of drug-likeness (QED) is 0.814. The maximum Gasteiger partial charge on any atom is 0.149 e. The molecule has 1 atom stereocenters. The van der Waals surface area contributed by atoms with Crippen molar-refractivity contribution >= 4 is 26.0 Å². The number of benzene rings is 1. The summed E-state index contributed by atoms with van der Waals surface area (Å²) in [4.78, 5) is 1.50. The highest BCUT2D eigenvalue weighted by Gasteiger charge is 2.20. The van der Waals surface area contributed by atoms with Gasteiger partial charge in [-0.1, -0.05) is 32.1 Å². The zero-order valence-corrected chi connectivity index (χ0v) is 13.5. The zero-order valence-electron chi connectivity index (χ0n) is 12.3. The van der Waals surface area contributed by atoms with E-state index in [4.69, 9.17) is 0 Å². The Morgan fingerprint density at radius 2 is 1.90 bits per heavy atom. The van der Waals surface area contributed by atoms with Gasteiger partial charge in [0.05, 0.1) is 0 Å². The van der Waals surface area contributed by atoms with Crippen LogP contribution in [-0.4, -0.2) is 20.1 Å². The first-order chi connectivity index (χ1) is 9.85. The van der Waals surface area contributed by atoms with Crippen LogP contribution >= 0.6 is 9.24 Å². The Bertz CT molecular complexity index is 812. The number of aliphatic hydroxyl groups is 1. The van der Waals surface area contributed by atoms with Crippen molar-refractivity contribution in [2.75, 3.05) is 0 Å². The van der Waals surface area contributed by atoms with E-state index in [2.05, 4.69) is 33.3 Å². The lowest BCUT2D eigenvalue weighted by molar-refractivity contribution is 0.427. The molecular weight excluding hydrogens is 281 g/mol. The first kappa shape index (κ1) is 14.0. The molecule has 0 bridgehead atoms. The lowest BCUT2D eigenvalue weighted by Gasteiger charge is -2.13. The first-order valence-corrected chi connectivity index (χ1v) is 7.39. The summed E-state index contributed by atoms with van der Waals surface area (Å²) in [5.74, 6) is 0.179. The zero-order chi connectivity index (χ0) is 15.2. The van der Waals surface area contributed by atoms with Crippen molar-refractivity contribution in [1.82, 2.24) is 15.0 Å². The highest BCUT2D eigenvalue weighted by Crippen LogP contribution is 2.33. The van der Waals surface area contributed by atoms with Crippen LogP contribution in [0.25, 0.3) is 16.7 Å². The molecule has 1 N–H and O–H groups in total. The van der Waals surface area contributed by atoms with Gasteiger partial charge in [-0.2, -0.15) is 0 Å². The number of aliphatic hydroxyl groups excluding tert-OH is 1. The van der Waals surface area contributed by atoms with Crippen LogP contribution in [0.2, 0.25) is 0 Å². The molecule has 0 saturated carbocycles. The lowest BCUT2D eigenvalue weighted by atomic mass is 9.93. The molecule has 1 aliphatic carbocycles. The molecule has 4 nitrogen and oxygen atoms in total. The van der Waals surface area contributed by atoms with Gasteiger partial charge in [0.15, 0.2) is 0 Å². The van der Waals surface area contributed by atoms with E-state index < -0.39 is 0 Å². The molecule has 0 radical (unpaired) electrons. The van der Waals surface area contributed by atoms with E-state index in [9.17, 15) is 5.11 Å². The van der Waals surface area contributed by atoms with E-state index >= 15 is 0 Å². The summed E-state index contributed by atoms with van der Waals surface area (Å²) in [7, 11) is 2.57. The molecule has 1 heterocycles. The van der Waals surface area contributed by atoms with Gasteiger partial charge < -0.3 is 5.11 Å². The monoisotopic (exact) mass is 299 g/mol. The van der Waals surface area contributed by atoms with Crippen molar-refractivity contribution < 1.29 is 5.11 Å². The second-order valence-corrected chi connectivity index (χ2v) is 6.59. The van der Waals surface area contributed by atoms with Crippen LogP contribution in [0.3, 0.4) is 0 Å². The average Bonchev–Trinajstić information content (AvgIpc) is 2.76. The van der Waals surface area contributed by atoms with Gasteiger partial charge in [0, 0.05) is 10.7 Å². The van der Waals surface area contributed by atoms with E-state index in [1.54, 1.807) is 0 Å². The number of hydrogen-bond acceptors (Lipinski definition) is 3. The lowest BCUT2D eigenvalue weighted by Crippen LogP contribution is -2.03. The fourth-order valence-corrected chi connectivity index (χ4v) is 2.91. The summed E-state index contributed by atoms with van der Waals surface area (Å²) < 4.78 is 0. The van der Waals surface area contributed by atoms with Crippen LogP contribution in [0.4, 0.5) is 0 Å². The molecule has 0 aliphatic heterocycles. The Morgan fingerprint density at radius 1 is 1.19 bits per heavy atom. The summed E-state index contributed by atoms with van der Waals surface area (Å²) in [5, 5.41) is 20.1. The predicted octanol–water partition coefficient (Wildman–Crippen LogP) is 3.82. The van der Waals surface area contributed by atoms with Gasteiger partial charge in [0.25, 0.3) is 0 Å². The second-order valence-electron chi connectivity index (χ2n) is 5.97. The molecule has 1 aromatic carbocycles. The van der Waals surface area contributed by atoms with Gasteiger partial charge in [0.1, 0.15) is 22.5 Å². The average molecular weight is 299 g/mol. The minimum atomic E-state index is -0.129. The third-order valence-electron chi connectivity index (χ3n) is 3.47. The van der Waals surface area contributed by atoms with Gasteiger partial charge in [-0.25, -0.2) is 0 Å². The third-order valence-corrected chi connectivity index (χ3v) is 3.91. The number of nitrogens with zero attached hydrogens (tertiary/aromatic N) is 3.